The molecule has 0 spiro atoms. The minimum Gasteiger partial charge on any atom is -0.273 e. The third kappa shape index (κ3) is 6.65. The summed E-state index contributed by atoms with van der Waals surface area (Å²) in [6, 6.07) is 4.23. The molecule has 4 nitrogen and oxygen atoms in total. The van der Waals surface area contributed by atoms with Gasteiger partial charge in [0.25, 0.3) is 5.84 Å². The fourth-order valence-corrected chi connectivity index (χ4v) is 2.82. The van der Waals surface area contributed by atoms with Gasteiger partial charge in [-0.25, -0.2) is 4.57 Å². The average molecular weight is 379 g/mol. The first kappa shape index (κ1) is 17.9. The summed E-state index contributed by atoms with van der Waals surface area (Å²) in [5, 5.41) is 8.94. The Morgan fingerprint density at radius 2 is 2.04 bits per heavy atom. The van der Waals surface area contributed by atoms with Crippen LogP contribution in [-0.2, 0) is 6.54 Å². The quantitative estimate of drug-likeness (QED) is 0.243. The van der Waals surface area contributed by atoms with Crippen LogP contribution in [0.15, 0.2) is 41.8 Å². The summed E-state index contributed by atoms with van der Waals surface area (Å²) >= 11 is 3.47. The smallest absolute Gasteiger partial charge is 0.273 e. The Hall–Kier alpha value is -1.49. The SMILES string of the molecule is C[N+](/N=C/c1cc[n+](CCCCCCBr)cc1)=C1\C=CCCN1. The van der Waals surface area contributed by atoms with E-state index in [4.69, 9.17) is 0 Å². The maximum absolute atomic E-state index is 4.49. The molecule has 1 aromatic heterocycles. The topological polar surface area (TPSA) is 31.3 Å². The number of unbranched alkanes of at least 4 members (excludes halogenated alkanes) is 3. The van der Waals surface area contributed by atoms with E-state index in [1.807, 2.05) is 17.9 Å². The first-order valence-electron chi connectivity index (χ1n) is 8.40. The van der Waals surface area contributed by atoms with E-state index >= 15 is 0 Å². The fourth-order valence-electron chi connectivity index (χ4n) is 2.42. The van der Waals surface area contributed by atoms with Crippen molar-refractivity contribution < 1.29 is 9.25 Å². The van der Waals surface area contributed by atoms with Crippen LogP contribution in [-0.4, -0.2) is 35.7 Å². The highest BCUT2D eigenvalue weighted by molar-refractivity contribution is 9.09. The molecule has 5 heteroatoms. The predicted molar refractivity (Wildman–Crippen MR) is 99.4 cm³/mol. The summed E-state index contributed by atoms with van der Waals surface area (Å²) in [6.07, 6.45) is 16.6. The van der Waals surface area contributed by atoms with Crippen molar-refractivity contribution in [2.45, 2.75) is 38.6 Å². The molecule has 0 aliphatic carbocycles. The lowest BCUT2D eigenvalue weighted by atomic mass is 10.2. The molecule has 1 N–H and O–H groups in total. The average Bonchev–Trinajstić information content (AvgIpc) is 2.61. The molecule has 0 radical (unpaired) electrons. The molecule has 0 bridgehead atoms. The van der Waals surface area contributed by atoms with E-state index in [9.17, 15) is 0 Å². The number of nitrogens with one attached hydrogen (secondary N) is 1. The molecule has 23 heavy (non-hydrogen) atoms. The van der Waals surface area contributed by atoms with Crippen LogP contribution < -0.4 is 9.88 Å². The zero-order chi connectivity index (χ0) is 16.3. The van der Waals surface area contributed by atoms with E-state index in [0.29, 0.717) is 0 Å². The summed E-state index contributed by atoms with van der Waals surface area (Å²) in [6.45, 7) is 2.07. The lowest BCUT2D eigenvalue weighted by Gasteiger charge is -2.04. The molecule has 0 saturated carbocycles. The summed E-state index contributed by atoms with van der Waals surface area (Å²) in [5.74, 6) is 1.04. The number of nitrogens with zero attached hydrogens (tertiary/aromatic N) is 3. The predicted octanol–water partition coefficient (Wildman–Crippen LogP) is 2.85. The van der Waals surface area contributed by atoms with Crippen molar-refractivity contribution in [1.82, 2.24) is 5.32 Å². The third-order valence-corrected chi connectivity index (χ3v) is 4.40. The number of amidine groups is 1. The van der Waals surface area contributed by atoms with Gasteiger partial charge in [-0.05, 0) is 12.8 Å². The summed E-state index contributed by atoms with van der Waals surface area (Å²) < 4.78 is 4.12. The highest BCUT2D eigenvalue weighted by atomic mass is 79.9. The molecule has 1 aromatic rings. The molecule has 0 aromatic carbocycles. The molecule has 1 aliphatic heterocycles. The van der Waals surface area contributed by atoms with Crippen molar-refractivity contribution in [2.75, 3.05) is 18.9 Å². The van der Waals surface area contributed by atoms with Gasteiger partial charge in [-0.2, -0.15) is 0 Å². The number of hydrogen-bond acceptors (Lipinski definition) is 1. The standard InChI is InChI=1S/C18H26BrN4/c1-22(18-8-4-6-12-20-18)21-16-17-9-14-23(15-10-17)13-7-3-2-5-11-19/h4,8-10,14-16H,2-3,5-7,11-13H2,1H3/q+1/p+1. The molecule has 0 fully saturated rings. The Kier molecular flexibility index (Phi) is 8.01. The van der Waals surface area contributed by atoms with Gasteiger partial charge in [0, 0.05) is 41.9 Å². The van der Waals surface area contributed by atoms with Crippen LogP contribution in [0.25, 0.3) is 0 Å². The first-order chi connectivity index (χ1) is 11.3. The van der Waals surface area contributed by atoms with E-state index in [1.54, 1.807) is 0 Å². The van der Waals surface area contributed by atoms with E-state index in [1.165, 1.54) is 25.7 Å². The van der Waals surface area contributed by atoms with Crippen molar-refractivity contribution in [3.8, 4) is 0 Å². The van der Waals surface area contributed by atoms with Crippen molar-refractivity contribution in [3.63, 3.8) is 0 Å². The number of rotatable bonds is 8. The van der Waals surface area contributed by atoms with Crippen LogP contribution in [0.3, 0.4) is 0 Å². The lowest BCUT2D eigenvalue weighted by Crippen LogP contribution is -2.32. The fraction of sp³-hybridized carbons (Fsp3) is 0.500. The maximum Gasteiger partial charge on any atom is 0.294 e. The van der Waals surface area contributed by atoms with E-state index in [-0.39, 0.29) is 0 Å². The summed E-state index contributed by atoms with van der Waals surface area (Å²) in [7, 11) is 1.96. The highest BCUT2D eigenvalue weighted by Gasteiger charge is 2.08. The molecule has 1 aliphatic rings. The summed E-state index contributed by atoms with van der Waals surface area (Å²) in [5.41, 5.74) is 1.12. The Morgan fingerprint density at radius 1 is 1.26 bits per heavy atom. The van der Waals surface area contributed by atoms with Crippen LogP contribution in [0.4, 0.5) is 0 Å². The Morgan fingerprint density at radius 3 is 2.74 bits per heavy atom. The molecule has 0 saturated heterocycles. The van der Waals surface area contributed by atoms with Gasteiger partial charge in [0.1, 0.15) is 13.6 Å². The molecule has 0 atom stereocenters. The third-order valence-electron chi connectivity index (χ3n) is 3.84. The second kappa shape index (κ2) is 10.3. The van der Waals surface area contributed by atoms with E-state index in [2.05, 4.69) is 67.6 Å². The van der Waals surface area contributed by atoms with Crippen molar-refractivity contribution in [3.05, 3.63) is 42.2 Å². The van der Waals surface area contributed by atoms with Crippen LogP contribution in [0.1, 0.15) is 37.7 Å². The van der Waals surface area contributed by atoms with E-state index < -0.39 is 0 Å². The largest absolute Gasteiger partial charge is 0.294 e. The molecule has 2 rings (SSSR count). The zero-order valence-corrected chi connectivity index (χ0v) is 15.5. The van der Waals surface area contributed by atoms with Crippen molar-refractivity contribution >= 4 is 28.0 Å². The minimum absolute atomic E-state index is 0.979. The van der Waals surface area contributed by atoms with Gasteiger partial charge >= 0.3 is 0 Å². The molecule has 124 valence electrons. The number of hydrogen-bond donors (Lipinski definition) is 1. The number of halogens is 1. The second-order valence-electron chi connectivity index (χ2n) is 5.74. The van der Waals surface area contributed by atoms with E-state index in [0.717, 1.165) is 36.2 Å². The lowest BCUT2D eigenvalue weighted by molar-refractivity contribution is -0.697. The monoisotopic (exact) mass is 378 g/mol. The number of hydrazone groups is 1. The minimum atomic E-state index is 0.979. The van der Waals surface area contributed by atoms with Gasteiger partial charge < -0.3 is 0 Å². The number of aryl methyl sites for hydroxylation is 1. The number of alkyl halides is 1. The molecule has 2 heterocycles. The van der Waals surface area contributed by atoms with Gasteiger partial charge in [0.15, 0.2) is 12.4 Å². The zero-order valence-electron chi connectivity index (χ0n) is 13.9. The maximum atomic E-state index is 4.49. The van der Waals surface area contributed by atoms with Crippen molar-refractivity contribution in [1.29, 1.82) is 0 Å². The van der Waals surface area contributed by atoms with Gasteiger partial charge in [-0.15, -0.1) is 4.68 Å². The number of pyridine rings is 1. The van der Waals surface area contributed by atoms with Crippen LogP contribution in [0, 0.1) is 0 Å². The molecular formula is C18H27BrN4+2. The van der Waals surface area contributed by atoms with Gasteiger partial charge in [-0.3, -0.25) is 5.32 Å². The molecule has 0 amide bonds. The molecule has 0 unspecified atom stereocenters. The summed E-state index contributed by atoms with van der Waals surface area (Å²) in [4.78, 5) is 0. The Labute approximate surface area is 147 Å². The second-order valence-corrected chi connectivity index (χ2v) is 6.54. The number of aromatic nitrogens is 1. The van der Waals surface area contributed by atoms with Gasteiger partial charge in [-0.1, -0.05) is 33.5 Å². The van der Waals surface area contributed by atoms with Crippen LogP contribution in [0.5, 0.6) is 0 Å². The Balaban J connectivity index is 1.83. The highest BCUT2D eigenvalue weighted by Crippen LogP contribution is 2.02. The first-order valence-corrected chi connectivity index (χ1v) is 9.52. The van der Waals surface area contributed by atoms with Crippen LogP contribution >= 0.6 is 15.9 Å². The molecular weight excluding hydrogens is 352 g/mol. The van der Waals surface area contributed by atoms with Gasteiger partial charge in [0.2, 0.25) is 0 Å². The normalized spacial score (nSPS) is 16.6. The Bertz CT molecular complexity index is 561. The van der Waals surface area contributed by atoms with Crippen LogP contribution in [0.2, 0.25) is 0 Å². The van der Waals surface area contributed by atoms with Gasteiger partial charge in [0.05, 0.1) is 12.8 Å². The van der Waals surface area contributed by atoms with Crippen molar-refractivity contribution in [2.24, 2.45) is 5.10 Å².